The first-order valence-electron chi connectivity index (χ1n) is 8.36. The van der Waals surface area contributed by atoms with Crippen LogP contribution in [-0.4, -0.2) is 10.9 Å². The van der Waals surface area contributed by atoms with E-state index in [2.05, 4.69) is 10.3 Å². The molecule has 1 amide bonds. The Bertz CT molecular complexity index is 1020. The van der Waals surface area contributed by atoms with Crippen LogP contribution < -0.4 is 10.9 Å². The van der Waals surface area contributed by atoms with Crippen LogP contribution in [0.4, 0.5) is 10.1 Å². The van der Waals surface area contributed by atoms with Gasteiger partial charge in [-0.25, -0.2) is 4.39 Å². The Morgan fingerprint density at radius 3 is 2.48 bits per heavy atom. The summed E-state index contributed by atoms with van der Waals surface area (Å²) < 4.78 is 13.0. The van der Waals surface area contributed by atoms with E-state index in [-0.39, 0.29) is 17.3 Å². The summed E-state index contributed by atoms with van der Waals surface area (Å²) in [6, 6.07) is 10.9. The number of anilines is 1. The standard InChI is InChI=1S/C20H17FN2O2/c21-13-7-5-12(6-8-13)19(24)22-14-9-10-16-15-3-1-2-4-17(15)20(25)23-18(16)11-14/h5-11H,1-4H2,(H,22,24)(H,23,25). The van der Waals surface area contributed by atoms with Gasteiger partial charge in [0.15, 0.2) is 0 Å². The van der Waals surface area contributed by atoms with E-state index in [0.29, 0.717) is 11.3 Å². The summed E-state index contributed by atoms with van der Waals surface area (Å²) in [7, 11) is 0. The molecule has 4 nitrogen and oxygen atoms in total. The van der Waals surface area contributed by atoms with E-state index in [9.17, 15) is 14.0 Å². The number of fused-ring (bicyclic) bond motifs is 3. The molecule has 5 heteroatoms. The van der Waals surface area contributed by atoms with E-state index in [1.54, 1.807) is 6.07 Å². The Morgan fingerprint density at radius 2 is 1.72 bits per heavy atom. The molecule has 0 radical (unpaired) electrons. The predicted molar refractivity (Wildman–Crippen MR) is 95.6 cm³/mol. The highest BCUT2D eigenvalue weighted by Crippen LogP contribution is 2.27. The average molecular weight is 336 g/mol. The first-order chi connectivity index (χ1) is 12.1. The lowest BCUT2D eigenvalue weighted by atomic mass is 9.90. The van der Waals surface area contributed by atoms with E-state index in [1.165, 1.54) is 24.3 Å². The molecule has 1 aromatic heterocycles. The summed E-state index contributed by atoms with van der Waals surface area (Å²) in [4.78, 5) is 27.5. The first kappa shape index (κ1) is 15.6. The third-order valence-electron chi connectivity index (χ3n) is 4.70. The highest BCUT2D eigenvalue weighted by molar-refractivity contribution is 6.05. The number of pyridine rings is 1. The Balaban J connectivity index is 1.68. The van der Waals surface area contributed by atoms with Crippen LogP contribution in [0.15, 0.2) is 47.3 Å². The summed E-state index contributed by atoms with van der Waals surface area (Å²) in [5.74, 6) is -0.704. The number of hydrogen-bond donors (Lipinski definition) is 2. The van der Waals surface area contributed by atoms with Gasteiger partial charge in [-0.15, -0.1) is 0 Å². The highest BCUT2D eigenvalue weighted by Gasteiger charge is 2.16. The molecule has 1 heterocycles. The fourth-order valence-corrected chi connectivity index (χ4v) is 3.44. The summed E-state index contributed by atoms with van der Waals surface area (Å²) in [6.07, 6.45) is 3.88. The maximum atomic E-state index is 13.0. The molecule has 0 unspecified atom stereocenters. The molecule has 0 bridgehead atoms. The number of aromatic amines is 1. The molecule has 0 spiro atoms. The fourth-order valence-electron chi connectivity index (χ4n) is 3.44. The van der Waals surface area contributed by atoms with Crippen LogP contribution in [0.5, 0.6) is 0 Å². The molecule has 0 saturated heterocycles. The van der Waals surface area contributed by atoms with Crippen LogP contribution in [0.3, 0.4) is 0 Å². The number of H-pyrrole nitrogens is 1. The van der Waals surface area contributed by atoms with E-state index in [1.807, 2.05) is 12.1 Å². The lowest BCUT2D eigenvalue weighted by molar-refractivity contribution is 0.102. The molecule has 2 aromatic carbocycles. The van der Waals surface area contributed by atoms with Gasteiger partial charge in [-0.1, -0.05) is 6.07 Å². The molecule has 0 atom stereocenters. The largest absolute Gasteiger partial charge is 0.322 e. The van der Waals surface area contributed by atoms with Crippen LogP contribution in [-0.2, 0) is 12.8 Å². The van der Waals surface area contributed by atoms with Gasteiger partial charge < -0.3 is 10.3 Å². The normalized spacial score (nSPS) is 13.5. The third-order valence-corrected chi connectivity index (χ3v) is 4.70. The van der Waals surface area contributed by atoms with Crippen LogP contribution in [0.2, 0.25) is 0 Å². The number of benzene rings is 2. The van der Waals surface area contributed by atoms with Crippen molar-refractivity contribution in [1.82, 2.24) is 4.98 Å². The van der Waals surface area contributed by atoms with Crippen molar-refractivity contribution in [1.29, 1.82) is 0 Å². The fraction of sp³-hybridized carbons (Fsp3) is 0.200. The minimum atomic E-state index is -0.385. The summed E-state index contributed by atoms with van der Waals surface area (Å²) >= 11 is 0. The number of halogens is 1. The second-order valence-electron chi connectivity index (χ2n) is 6.34. The average Bonchev–Trinajstić information content (AvgIpc) is 2.62. The summed E-state index contributed by atoms with van der Waals surface area (Å²) in [5, 5.41) is 3.82. The van der Waals surface area contributed by atoms with Gasteiger partial charge in [0, 0.05) is 22.2 Å². The van der Waals surface area contributed by atoms with Crippen molar-refractivity contribution in [3.63, 3.8) is 0 Å². The third kappa shape index (κ3) is 2.93. The second-order valence-corrected chi connectivity index (χ2v) is 6.34. The maximum Gasteiger partial charge on any atom is 0.255 e. The van der Waals surface area contributed by atoms with E-state index in [4.69, 9.17) is 0 Å². The topological polar surface area (TPSA) is 62.0 Å². The Kier molecular flexibility index (Phi) is 3.84. The van der Waals surface area contributed by atoms with Gasteiger partial charge in [-0.2, -0.15) is 0 Å². The van der Waals surface area contributed by atoms with Gasteiger partial charge in [0.25, 0.3) is 11.5 Å². The minimum Gasteiger partial charge on any atom is -0.322 e. The van der Waals surface area contributed by atoms with Gasteiger partial charge in [-0.3, -0.25) is 9.59 Å². The number of carbonyl (C=O) groups excluding carboxylic acids is 1. The molecule has 1 aliphatic carbocycles. The number of carbonyl (C=O) groups is 1. The van der Waals surface area contributed by atoms with Gasteiger partial charge in [-0.05, 0) is 67.6 Å². The van der Waals surface area contributed by atoms with Crippen molar-refractivity contribution in [2.45, 2.75) is 25.7 Å². The maximum absolute atomic E-state index is 13.0. The number of amides is 1. The van der Waals surface area contributed by atoms with E-state index < -0.39 is 0 Å². The summed E-state index contributed by atoms with van der Waals surface area (Å²) in [5.41, 5.74) is 3.67. The molecule has 4 rings (SSSR count). The second kappa shape index (κ2) is 6.16. The molecular formula is C20H17FN2O2. The van der Waals surface area contributed by atoms with Gasteiger partial charge in [0.05, 0.1) is 5.52 Å². The van der Waals surface area contributed by atoms with Gasteiger partial charge in [0.1, 0.15) is 5.82 Å². The van der Waals surface area contributed by atoms with E-state index in [0.717, 1.165) is 47.7 Å². The van der Waals surface area contributed by atoms with Crippen molar-refractivity contribution in [2.75, 3.05) is 5.32 Å². The minimum absolute atomic E-state index is 0.0378. The van der Waals surface area contributed by atoms with Crippen molar-refractivity contribution < 1.29 is 9.18 Å². The number of aryl methyl sites for hydroxylation is 1. The van der Waals surface area contributed by atoms with Crippen LogP contribution in [0.1, 0.15) is 34.3 Å². The molecule has 1 aliphatic rings. The van der Waals surface area contributed by atoms with Crippen molar-refractivity contribution in [2.24, 2.45) is 0 Å². The number of nitrogens with one attached hydrogen (secondary N) is 2. The monoisotopic (exact) mass is 336 g/mol. The van der Waals surface area contributed by atoms with Crippen LogP contribution in [0.25, 0.3) is 10.9 Å². The predicted octanol–water partition coefficient (Wildman–Crippen LogP) is 3.80. The molecular weight excluding hydrogens is 319 g/mol. The molecule has 2 N–H and O–H groups in total. The summed E-state index contributed by atoms with van der Waals surface area (Å²) in [6.45, 7) is 0. The molecule has 126 valence electrons. The zero-order chi connectivity index (χ0) is 17.4. The smallest absolute Gasteiger partial charge is 0.255 e. The molecule has 3 aromatic rings. The Hall–Kier alpha value is -2.95. The van der Waals surface area contributed by atoms with Crippen LogP contribution in [0, 0.1) is 5.82 Å². The lowest BCUT2D eigenvalue weighted by Crippen LogP contribution is -2.19. The zero-order valence-corrected chi connectivity index (χ0v) is 13.6. The number of hydrogen-bond acceptors (Lipinski definition) is 2. The molecule has 0 saturated carbocycles. The lowest BCUT2D eigenvalue weighted by Gasteiger charge is -2.17. The first-order valence-corrected chi connectivity index (χ1v) is 8.36. The van der Waals surface area contributed by atoms with Crippen LogP contribution >= 0.6 is 0 Å². The SMILES string of the molecule is O=C(Nc1ccc2c3c(c(=O)[nH]c2c1)CCCC3)c1ccc(F)cc1. The van der Waals surface area contributed by atoms with Gasteiger partial charge in [0.2, 0.25) is 0 Å². The number of rotatable bonds is 2. The van der Waals surface area contributed by atoms with Crippen molar-refractivity contribution in [3.8, 4) is 0 Å². The van der Waals surface area contributed by atoms with Gasteiger partial charge >= 0.3 is 0 Å². The van der Waals surface area contributed by atoms with E-state index >= 15 is 0 Å². The van der Waals surface area contributed by atoms with Crippen molar-refractivity contribution >= 4 is 22.5 Å². The molecule has 0 aliphatic heterocycles. The van der Waals surface area contributed by atoms with Crippen molar-refractivity contribution in [3.05, 3.63) is 75.3 Å². The number of aromatic nitrogens is 1. The molecule has 0 fully saturated rings. The highest BCUT2D eigenvalue weighted by atomic mass is 19.1. The quantitative estimate of drug-likeness (QED) is 0.748. The molecule has 25 heavy (non-hydrogen) atoms. The Labute approximate surface area is 143 Å². The Morgan fingerprint density at radius 1 is 1.00 bits per heavy atom. The zero-order valence-electron chi connectivity index (χ0n) is 13.6.